The van der Waals surface area contributed by atoms with Gasteiger partial charge in [0, 0.05) is 29.2 Å². The quantitative estimate of drug-likeness (QED) is 0.873. The molecule has 100 valence electrons. The third kappa shape index (κ3) is 3.47. The number of ether oxygens (including phenoxy) is 1. The minimum atomic E-state index is 0.600. The molecule has 1 aliphatic carbocycles. The van der Waals surface area contributed by atoms with Gasteiger partial charge in [-0.2, -0.15) is 0 Å². The maximum atomic E-state index is 5.12. The summed E-state index contributed by atoms with van der Waals surface area (Å²) in [5.41, 5.74) is 4.46. The Balaban J connectivity index is 2.09. The molecule has 1 aromatic heterocycles. The molecule has 0 fully saturated rings. The highest BCUT2D eigenvalue weighted by Gasteiger charge is 2.06. The van der Waals surface area contributed by atoms with Crippen molar-refractivity contribution < 1.29 is 4.74 Å². The summed E-state index contributed by atoms with van der Waals surface area (Å²) >= 11 is 0. The first-order chi connectivity index (χ1) is 9.22. The maximum absolute atomic E-state index is 5.12. The maximum Gasteiger partial charge on any atom is 0.213 e. The van der Waals surface area contributed by atoms with Crippen molar-refractivity contribution in [1.82, 2.24) is 10.3 Å². The molecular weight excluding hydrogens is 236 g/mol. The van der Waals surface area contributed by atoms with Crippen LogP contribution in [0.25, 0.3) is 5.70 Å². The highest BCUT2D eigenvalue weighted by Crippen LogP contribution is 2.21. The molecule has 19 heavy (non-hydrogen) atoms. The van der Waals surface area contributed by atoms with Gasteiger partial charge in [-0.3, -0.25) is 0 Å². The lowest BCUT2D eigenvalue weighted by Crippen LogP contribution is -2.12. The third-order valence-electron chi connectivity index (χ3n) is 3.23. The monoisotopic (exact) mass is 256 g/mol. The van der Waals surface area contributed by atoms with E-state index < -0.39 is 0 Å². The average Bonchev–Trinajstić information content (AvgIpc) is 2.47. The van der Waals surface area contributed by atoms with Gasteiger partial charge in [0.25, 0.3) is 0 Å². The van der Waals surface area contributed by atoms with Crippen LogP contribution in [0.5, 0.6) is 5.88 Å². The number of rotatable bonds is 5. The molecule has 0 spiro atoms. The fourth-order valence-corrected chi connectivity index (χ4v) is 2.09. The second-order valence-corrected chi connectivity index (χ2v) is 4.54. The summed E-state index contributed by atoms with van der Waals surface area (Å²) in [5.74, 6) is 0.600. The zero-order valence-electron chi connectivity index (χ0n) is 11.6. The number of nitrogens with one attached hydrogen (secondary N) is 1. The Kier molecular flexibility index (Phi) is 4.39. The van der Waals surface area contributed by atoms with Gasteiger partial charge in [0.1, 0.15) is 0 Å². The van der Waals surface area contributed by atoms with Crippen LogP contribution < -0.4 is 10.1 Å². The molecule has 1 heterocycles. The third-order valence-corrected chi connectivity index (χ3v) is 3.23. The molecule has 1 N–H and O–H groups in total. The number of pyridine rings is 1. The van der Waals surface area contributed by atoms with Gasteiger partial charge in [0.05, 0.1) is 7.11 Å². The zero-order valence-corrected chi connectivity index (χ0v) is 11.6. The summed E-state index contributed by atoms with van der Waals surface area (Å²) in [6.07, 6.45) is 9.51. The van der Waals surface area contributed by atoms with Crippen molar-refractivity contribution in [1.29, 1.82) is 0 Å². The molecule has 2 rings (SSSR count). The van der Waals surface area contributed by atoms with Gasteiger partial charge in [-0.15, -0.1) is 0 Å². The predicted molar refractivity (Wildman–Crippen MR) is 78.6 cm³/mol. The number of hydrogen-bond donors (Lipinski definition) is 1. The number of hydrogen-bond acceptors (Lipinski definition) is 3. The molecule has 0 amide bonds. The first-order valence-corrected chi connectivity index (χ1v) is 6.59. The lowest BCUT2D eigenvalue weighted by molar-refractivity contribution is 0.397. The van der Waals surface area contributed by atoms with E-state index in [0.717, 1.165) is 36.2 Å². The van der Waals surface area contributed by atoms with E-state index in [1.807, 2.05) is 12.1 Å². The van der Waals surface area contributed by atoms with Gasteiger partial charge in [0.2, 0.25) is 5.88 Å². The van der Waals surface area contributed by atoms with Crippen LogP contribution in [0.2, 0.25) is 0 Å². The molecule has 0 saturated carbocycles. The Morgan fingerprint density at radius 3 is 3.11 bits per heavy atom. The van der Waals surface area contributed by atoms with E-state index in [1.165, 1.54) is 5.57 Å². The topological polar surface area (TPSA) is 34.2 Å². The summed E-state index contributed by atoms with van der Waals surface area (Å²) in [6.45, 7) is 6.27. The van der Waals surface area contributed by atoms with E-state index in [1.54, 1.807) is 13.3 Å². The second kappa shape index (κ2) is 6.23. The summed E-state index contributed by atoms with van der Waals surface area (Å²) in [7, 11) is 1.61. The van der Waals surface area contributed by atoms with E-state index in [4.69, 9.17) is 4.74 Å². The molecule has 0 bridgehead atoms. The van der Waals surface area contributed by atoms with Crippen molar-refractivity contribution in [3.8, 4) is 5.88 Å². The SMILES string of the molecule is C=C(NC1=CCCC(CC)=C1)c1ccnc(OC)c1. The molecule has 1 aliphatic rings. The lowest BCUT2D eigenvalue weighted by Gasteiger charge is -2.16. The molecule has 3 nitrogen and oxygen atoms in total. The predicted octanol–water partition coefficient (Wildman–Crippen LogP) is 3.66. The summed E-state index contributed by atoms with van der Waals surface area (Å²) < 4.78 is 5.12. The Morgan fingerprint density at radius 2 is 2.37 bits per heavy atom. The minimum Gasteiger partial charge on any atom is -0.481 e. The van der Waals surface area contributed by atoms with E-state index in [0.29, 0.717) is 5.88 Å². The first-order valence-electron chi connectivity index (χ1n) is 6.59. The standard InChI is InChI=1S/C16H20N2O/c1-4-13-6-5-7-15(10-13)18-12(2)14-8-9-17-16(11-14)19-3/h7-11,18H,2,4-6H2,1,3H3. The number of aromatic nitrogens is 1. The van der Waals surface area contributed by atoms with Crippen LogP contribution in [0.1, 0.15) is 31.7 Å². The Morgan fingerprint density at radius 1 is 1.53 bits per heavy atom. The molecule has 0 saturated heterocycles. The van der Waals surface area contributed by atoms with E-state index in [-0.39, 0.29) is 0 Å². The molecular formula is C16H20N2O. The average molecular weight is 256 g/mol. The van der Waals surface area contributed by atoms with Crippen LogP contribution >= 0.6 is 0 Å². The normalized spacial score (nSPS) is 14.4. The Labute approximate surface area is 114 Å². The molecule has 0 radical (unpaired) electrons. The van der Waals surface area contributed by atoms with Crippen LogP contribution in [0.15, 0.2) is 48.3 Å². The largest absolute Gasteiger partial charge is 0.481 e. The fourth-order valence-electron chi connectivity index (χ4n) is 2.09. The summed E-state index contributed by atoms with van der Waals surface area (Å²) in [4.78, 5) is 4.09. The Hall–Kier alpha value is -2.03. The molecule has 0 aromatic carbocycles. The molecule has 3 heteroatoms. The smallest absolute Gasteiger partial charge is 0.213 e. The van der Waals surface area contributed by atoms with Gasteiger partial charge in [-0.25, -0.2) is 4.98 Å². The second-order valence-electron chi connectivity index (χ2n) is 4.54. The van der Waals surface area contributed by atoms with Crippen LogP contribution in [0.4, 0.5) is 0 Å². The molecule has 1 aromatic rings. The molecule has 0 aliphatic heterocycles. The van der Waals surface area contributed by atoms with Crippen molar-refractivity contribution in [2.75, 3.05) is 7.11 Å². The van der Waals surface area contributed by atoms with Gasteiger partial charge in [-0.1, -0.05) is 25.2 Å². The summed E-state index contributed by atoms with van der Waals surface area (Å²) in [5, 5.41) is 3.36. The number of nitrogens with zero attached hydrogens (tertiary/aromatic N) is 1. The van der Waals surface area contributed by atoms with Crippen molar-refractivity contribution in [2.24, 2.45) is 0 Å². The van der Waals surface area contributed by atoms with Gasteiger partial charge in [-0.05, 0) is 31.4 Å². The van der Waals surface area contributed by atoms with Crippen molar-refractivity contribution in [3.63, 3.8) is 0 Å². The molecule has 0 atom stereocenters. The van der Waals surface area contributed by atoms with Crippen LogP contribution in [0.3, 0.4) is 0 Å². The Bertz CT molecular complexity index is 529. The van der Waals surface area contributed by atoms with Crippen LogP contribution in [-0.4, -0.2) is 12.1 Å². The van der Waals surface area contributed by atoms with Crippen LogP contribution in [-0.2, 0) is 0 Å². The lowest BCUT2D eigenvalue weighted by atomic mass is 10.0. The number of allylic oxidation sites excluding steroid dienone is 3. The van der Waals surface area contributed by atoms with Crippen molar-refractivity contribution in [2.45, 2.75) is 26.2 Å². The van der Waals surface area contributed by atoms with E-state index in [9.17, 15) is 0 Å². The van der Waals surface area contributed by atoms with Crippen molar-refractivity contribution in [3.05, 3.63) is 53.9 Å². The van der Waals surface area contributed by atoms with Crippen molar-refractivity contribution >= 4 is 5.70 Å². The first kappa shape index (κ1) is 13.4. The van der Waals surface area contributed by atoms with E-state index >= 15 is 0 Å². The van der Waals surface area contributed by atoms with Gasteiger partial charge < -0.3 is 10.1 Å². The molecule has 0 unspecified atom stereocenters. The fraction of sp³-hybridized carbons (Fsp3) is 0.312. The number of methoxy groups -OCH3 is 1. The van der Waals surface area contributed by atoms with Gasteiger partial charge in [0.15, 0.2) is 0 Å². The zero-order chi connectivity index (χ0) is 13.7. The highest BCUT2D eigenvalue weighted by atomic mass is 16.5. The minimum absolute atomic E-state index is 0.600. The van der Waals surface area contributed by atoms with Crippen LogP contribution in [0, 0.1) is 0 Å². The summed E-state index contributed by atoms with van der Waals surface area (Å²) in [6, 6.07) is 3.80. The van der Waals surface area contributed by atoms with Gasteiger partial charge >= 0.3 is 0 Å². The highest BCUT2D eigenvalue weighted by molar-refractivity contribution is 5.64. The van der Waals surface area contributed by atoms with E-state index in [2.05, 4.69) is 36.0 Å².